The SMILES string of the molecule is Clc1ccc(-c2ccc3ccc4ccc(-c5cc(Cl)cc(-c6ccc7ccc8ccc(-c9ccccc9)nc8c7n6)c5)nc4c3n2)cc1. The van der Waals surface area contributed by atoms with Crippen molar-refractivity contribution in [2.24, 2.45) is 0 Å². The molecule has 0 bridgehead atoms. The summed E-state index contributed by atoms with van der Waals surface area (Å²) in [4.78, 5) is 20.4. The smallest absolute Gasteiger partial charge is 0.0972 e. The van der Waals surface area contributed by atoms with Crippen molar-refractivity contribution in [3.8, 4) is 45.0 Å². The maximum atomic E-state index is 6.78. The zero-order valence-corrected chi connectivity index (χ0v) is 26.9. The van der Waals surface area contributed by atoms with E-state index in [1.165, 1.54) is 0 Å². The number of fused-ring (bicyclic) bond motifs is 6. The first-order valence-corrected chi connectivity index (χ1v) is 16.4. The minimum atomic E-state index is 0.606. The van der Waals surface area contributed by atoms with E-state index in [0.29, 0.717) is 10.0 Å². The molecule has 0 aliphatic rings. The Morgan fingerprint density at radius 2 is 0.646 bits per heavy atom. The van der Waals surface area contributed by atoms with Crippen LogP contribution in [0.2, 0.25) is 10.0 Å². The Bertz CT molecular complexity index is 2690. The molecule has 0 radical (unpaired) electrons. The summed E-state index contributed by atoms with van der Waals surface area (Å²) in [6.45, 7) is 0. The van der Waals surface area contributed by atoms with Gasteiger partial charge in [-0.15, -0.1) is 0 Å². The van der Waals surface area contributed by atoms with E-state index < -0.39 is 0 Å². The third kappa shape index (κ3) is 5.12. The lowest BCUT2D eigenvalue weighted by Crippen LogP contribution is -1.93. The molecule has 0 saturated carbocycles. The van der Waals surface area contributed by atoms with Gasteiger partial charge in [-0.25, -0.2) is 19.9 Å². The molecule has 0 N–H and O–H groups in total. The van der Waals surface area contributed by atoms with Crippen LogP contribution in [0, 0.1) is 0 Å². The Hall–Kier alpha value is -5.68. The van der Waals surface area contributed by atoms with Gasteiger partial charge in [0.1, 0.15) is 0 Å². The molecule has 4 heterocycles. The van der Waals surface area contributed by atoms with Crippen LogP contribution in [0.3, 0.4) is 0 Å². The van der Waals surface area contributed by atoms with E-state index in [2.05, 4.69) is 72.8 Å². The predicted molar refractivity (Wildman–Crippen MR) is 199 cm³/mol. The Balaban J connectivity index is 1.16. The van der Waals surface area contributed by atoms with Crippen LogP contribution in [0.25, 0.3) is 88.6 Å². The minimum absolute atomic E-state index is 0.606. The quantitative estimate of drug-likeness (QED) is 0.177. The Kier molecular flexibility index (Phi) is 6.86. The Morgan fingerprint density at radius 1 is 0.292 bits per heavy atom. The topological polar surface area (TPSA) is 51.6 Å². The molecule has 226 valence electrons. The van der Waals surface area contributed by atoms with Crippen molar-refractivity contribution in [1.82, 2.24) is 19.9 Å². The van der Waals surface area contributed by atoms with Gasteiger partial charge >= 0.3 is 0 Å². The fourth-order valence-corrected chi connectivity index (χ4v) is 6.65. The standard InChI is InChI=1S/C42H24Cl2N4/c43-33-16-10-26(11-17-33)36-19-13-28-7-9-30-15-21-38(48-42(30)40(28)46-36)32-22-31(23-34(44)24-32)37-20-14-29-8-6-27-12-18-35(25-4-2-1-3-5-25)45-39(27)41(29)47-37/h1-24H. The molecule has 0 unspecified atom stereocenters. The molecule has 0 spiro atoms. The summed E-state index contributed by atoms with van der Waals surface area (Å²) >= 11 is 12.9. The molecule has 0 atom stereocenters. The second kappa shape index (κ2) is 11.5. The summed E-state index contributed by atoms with van der Waals surface area (Å²) in [7, 11) is 0. The van der Waals surface area contributed by atoms with Gasteiger partial charge in [0.15, 0.2) is 0 Å². The van der Waals surface area contributed by atoms with Crippen molar-refractivity contribution in [1.29, 1.82) is 0 Å². The van der Waals surface area contributed by atoms with E-state index >= 15 is 0 Å². The second-order valence-corrected chi connectivity index (χ2v) is 12.7. The van der Waals surface area contributed by atoms with E-state index in [9.17, 15) is 0 Å². The molecule has 48 heavy (non-hydrogen) atoms. The molecule has 4 nitrogen and oxygen atoms in total. The van der Waals surface area contributed by atoms with Crippen molar-refractivity contribution in [3.05, 3.63) is 156 Å². The van der Waals surface area contributed by atoms with E-state index in [1.54, 1.807) is 0 Å². The van der Waals surface area contributed by atoms with Crippen molar-refractivity contribution in [2.45, 2.75) is 0 Å². The van der Waals surface area contributed by atoms with Gasteiger partial charge in [0.2, 0.25) is 0 Å². The zero-order valence-electron chi connectivity index (χ0n) is 25.4. The number of halogens is 2. The number of hydrogen-bond acceptors (Lipinski definition) is 4. The Labute approximate surface area is 286 Å². The van der Waals surface area contributed by atoms with Gasteiger partial charge in [0.05, 0.1) is 44.8 Å². The highest BCUT2D eigenvalue weighted by Gasteiger charge is 2.13. The average Bonchev–Trinajstić information content (AvgIpc) is 3.14. The highest BCUT2D eigenvalue weighted by Crippen LogP contribution is 2.34. The van der Waals surface area contributed by atoms with Crippen LogP contribution in [0.15, 0.2) is 146 Å². The van der Waals surface area contributed by atoms with Crippen LogP contribution in [0.5, 0.6) is 0 Å². The third-order valence-corrected chi connectivity index (χ3v) is 9.21. The fourth-order valence-electron chi connectivity index (χ4n) is 6.29. The first kappa shape index (κ1) is 28.5. The van der Waals surface area contributed by atoms with Gasteiger partial charge in [-0.1, -0.05) is 114 Å². The number of aromatic nitrogens is 4. The highest BCUT2D eigenvalue weighted by molar-refractivity contribution is 6.31. The fraction of sp³-hybridized carbons (Fsp3) is 0. The first-order chi connectivity index (χ1) is 23.6. The van der Waals surface area contributed by atoms with Crippen LogP contribution in [0.1, 0.15) is 0 Å². The summed E-state index contributed by atoms with van der Waals surface area (Å²) in [6.07, 6.45) is 0. The lowest BCUT2D eigenvalue weighted by Gasteiger charge is -2.11. The number of benzene rings is 5. The van der Waals surface area contributed by atoms with Gasteiger partial charge in [0, 0.05) is 53.8 Å². The lowest BCUT2D eigenvalue weighted by atomic mass is 10.0. The average molecular weight is 656 g/mol. The molecule has 0 aliphatic heterocycles. The van der Waals surface area contributed by atoms with E-state index in [4.69, 9.17) is 43.1 Å². The highest BCUT2D eigenvalue weighted by atomic mass is 35.5. The number of nitrogens with zero attached hydrogens (tertiary/aromatic N) is 4. The summed E-state index contributed by atoms with van der Waals surface area (Å²) in [6, 6.07) is 48.8. The summed E-state index contributed by atoms with van der Waals surface area (Å²) in [5, 5.41) is 5.40. The molecule has 9 aromatic rings. The molecule has 9 rings (SSSR count). The molecule has 0 saturated heterocycles. The van der Waals surface area contributed by atoms with Crippen molar-refractivity contribution in [3.63, 3.8) is 0 Å². The van der Waals surface area contributed by atoms with Crippen molar-refractivity contribution < 1.29 is 0 Å². The molecule has 0 aliphatic carbocycles. The Morgan fingerprint density at radius 3 is 1.06 bits per heavy atom. The second-order valence-electron chi connectivity index (χ2n) is 11.8. The molecule has 6 heteroatoms. The summed E-state index contributed by atoms with van der Waals surface area (Å²) < 4.78 is 0. The van der Waals surface area contributed by atoms with Crippen LogP contribution >= 0.6 is 23.2 Å². The maximum Gasteiger partial charge on any atom is 0.0972 e. The molecule has 0 fully saturated rings. The maximum absolute atomic E-state index is 6.78. The number of rotatable bonds is 4. The molecular formula is C42H24Cl2N4. The van der Waals surface area contributed by atoms with Crippen LogP contribution in [-0.2, 0) is 0 Å². The number of hydrogen-bond donors (Lipinski definition) is 0. The third-order valence-electron chi connectivity index (χ3n) is 8.74. The van der Waals surface area contributed by atoms with Gasteiger partial charge in [-0.2, -0.15) is 0 Å². The van der Waals surface area contributed by atoms with E-state index in [-0.39, 0.29) is 0 Å². The molecular weight excluding hydrogens is 631 g/mol. The van der Waals surface area contributed by atoms with Crippen molar-refractivity contribution in [2.75, 3.05) is 0 Å². The lowest BCUT2D eigenvalue weighted by molar-refractivity contribution is 1.35. The van der Waals surface area contributed by atoms with Crippen LogP contribution in [0.4, 0.5) is 0 Å². The summed E-state index contributed by atoms with van der Waals surface area (Å²) in [5.74, 6) is 0. The van der Waals surface area contributed by atoms with Gasteiger partial charge in [-0.3, -0.25) is 0 Å². The van der Waals surface area contributed by atoms with Gasteiger partial charge in [0.25, 0.3) is 0 Å². The van der Waals surface area contributed by atoms with Gasteiger partial charge in [-0.05, 0) is 54.6 Å². The van der Waals surface area contributed by atoms with Crippen LogP contribution < -0.4 is 0 Å². The van der Waals surface area contributed by atoms with Crippen molar-refractivity contribution >= 4 is 66.8 Å². The largest absolute Gasteiger partial charge is 0.245 e. The monoisotopic (exact) mass is 654 g/mol. The van der Waals surface area contributed by atoms with E-state index in [1.807, 2.05) is 72.8 Å². The van der Waals surface area contributed by atoms with Crippen LogP contribution in [-0.4, -0.2) is 19.9 Å². The summed E-state index contributed by atoms with van der Waals surface area (Å²) in [5.41, 5.74) is 10.6. The number of pyridine rings is 4. The van der Waals surface area contributed by atoms with Gasteiger partial charge < -0.3 is 0 Å². The minimum Gasteiger partial charge on any atom is -0.245 e. The molecule has 4 aromatic heterocycles. The molecule has 0 amide bonds. The zero-order chi connectivity index (χ0) is 32.2. The normalized spacial score (nSPS) is 11.5. The predicted octanol–water partition coefficient (Wildman–Crippen LogP) is 11.9. The first-order valence-electron chi connectivity index (χ1n) is 15.6. The van der Waals surface area contributed by atoms with E-state index in [0.717, 1.165) is 88.6 Å². The molecule has 5 aromatic carbocycles.